The number of rotatable bonds is 5. The number of fused-ring (bicyclic) bond motifs is 1. The molecule has 10 heteroatoms. The minimum absolute atomic E-state index is 0. The van der Waals surface area contributed by atoms with Gasteiger partial charge in [0.25, 0.3) is 5.91 Å². The van der Waals surface area contributed by atoms with Crippen LogP contribution in [0.25, 0.3) is 10.9 Å². The number of amides is 1. The Morgan fingerprint density at radius 2 is 1.90 bits per heavy atom. The third-order valence-corrected chi connectivity index (χ3v) is 5.03. The Bertz CT molecular complexity index is 873. The quantitative estimate of drug-likeness (QED) is 0.708. The van der Waals surface area contributed by atoms with Crippen molar-refractivity contribution in [1.29, 1.82) is 0 Å². The molecular weight excluding hydrogens is 399 g/mol. The van der Waals surface area contributed by atoms with E-state index in [-0.39, 0.29) is 31.6 Å². The number of nitrogens with zero attached hydrogens (tertiary/aromatic N) is 1. The number of ether oxygens (including phenoxy) is 1. The third kappa shape index (κ3) is 5.31. The van der Waals surface area contributed by atoms with Crippen LogP contribution >= 0.6 is 0 Å². The number of hydrogen-bond donors (Lipinski definition) is 2. The van der Waals surface area contributed by atoms with Crippen LogP contribution in [0.5, 0.6) is 5.75 Å². The van der Waals surface area contributed by atoms with Gasteiger partial charge in [0.05, 0.1) is 11.1 Å². The number of alkyl halides is 5. The summed E-state index contributed by atoms with van der Waals surface area (Å²) < 4.78 is 66.7. The highest BCUT2D eigenvalue weighted by atomic mass is 19.4. The van der Waals surface area contributed by atoms with Crippen molar-refractivity contribution in [1.82, 2.24) is 10.3 Å². The summed E-state index contributed by atoms with van der Waals surface area (Å²) in [5.74, 6) is -1.34. The van der Waals surface area contributed by atoms with Crippen molar-refractivity contribution in [2.75, 3.05) is 0 Å². The molecule has 29 heavy (non-hydrogen) atoms. The molecule has 1 heterocycles. The topological polar surface area (TPSA) is 71.5 Å². The van der Waals surface area contributed by atoms with Crippen LogP contribution in [0, 0.1) is 5.92 Å². The summed E-state index contributed by atoms with van der Waals surface area (Å²) in [6.07, 6.45) is -4.70. The predicted octanol–water partition coefficient (Wildman–Crippen LogP) is 4.29. The molecule has 160 valence electrons. The Labute approximate surface area is 164 Å². The number of carbonyl (C=O) groups excluding carboxylic acids is 1. The lowest BCUT2D eigenvalue weighted by molar-refractivity contribution is -0.222. The van der Waals surface area contributed by atoms with Crippen molar-refractivity contribution in [3.8, 4) is 5.75 Å². The molecule has 1 atom stereocenters. The highest BCUT2D eigenvalue weighted by Crippen LogP contribution is 2.34. The number of aliphatic hydroxyl groups is 1. The average Bonchev–Trinajstić information content (AvgIpc) is 2.66. The second-order valence-corrected chi connectivity index (χ2v) is 7.03. The normalized spacial score (nSPS) is 21.2. The highest BCUT2D eigenvalue weighted by molar-refractivity contribution is 5.97. The van der Waals surface area contributed by atoms with Crippen molar-refractivity contribution < 1.29 is 38.0 Å². The van der Waals surface area contributed by atoms with Crippen LogP contribution in [0.4, 0.5) is 22.0 Å². The van der Waals surface area contributed by atoms with Crippen molar-refractivity contribution in [3.63, 3.8) is 0 Å². The van der Waals surface area contributed by atoms with Gasteiger partial charge in [-0.05, 0) is 49.8 Å². The maximum absolute atomic E-state index is 12.6. The van der Waals surface area contributed by atoms with Gasteiger partial charge < -0.3 is 15.2 Å². The van der Waals surface area contributed by atoms with Gasteiger partial charge >= 0.3 is 12.8 Å². The van der Waals surface area contributed by atoms with Gasteiger partial charge in [-0.25, -0.2) is 0 Å². The first-order chi connectivity index (χ1) is 13.6. The zero-order valence-electron chi connectivity index (χ0n) is 15.1. The summed E-state index contributed by atoms with van der Waals surface area (Å²) in [6.45, 7) is -2.95. The fourth-order valence-electron chi connectivity index (χ4n) is 3.52. The van der Waals surface area contributed by atoms with Gasteiger partial charge in [0, 0.05) is 25.1 Å². The molecule has 0 radical (unpaired) electrons. The summed E-state index contributed by atoms with van der Waals surface area (Å²) in [5.41, 5.74) is 0.624. The van der Waals surface area contributed by atoms with Crippen LogP contribution < -0.4 is 10.1 Å². The van der Waals surface area contributed by atoms with Crippen molar-refractivity contribution in [2.45, 2.75) is 50.6 Å². The van der Waals surface area contributed by atoms with E-state index in [0.29, 0.717) is 23.7 Å². The molecular formula is C19H21F5N2O3. The molecule has 2 aromatic rings. The second-order valence-electron chi connectivity index (χ2n) is 7.03. The Morgan fingerprint density at radius 1 is 1.21 bits per heavy atom. The standard InChI is InChI=1S/C19H19F5N2O3.H2/c20-18(21)29-14-6-3-11-7-12(9-25-15(11)8-14)17(28)26-13-4-1-10(2-5-13)16(27)19(22,23)24;/h3,6-10,13,16,18,27H,1-2,4-5H2,(H,26,28);1H. The SMILES string of the molecule is O=C(NC1CCC(C(O)C(F)(F)F)CC1)c1cnc2cc(OC(F)F)ccc2c1.[HH]. The molecule has 1 amide bonds. The Hall–Kier alpha value is -2.49. The minimum atomic E-state index is -4.64. The number of pyridine rings is 1. The van der Waals surface area contributed by atoms with E-state index in [1.54, 1.807) is 6.07 Å². The van der Waals surface area contributed by atoms with Crippen LogP contribution in [-0.2, 0) is 0 Å². The van der Waals surface area contributed by atoms with Crippen molar-refractivity contribution >= 4 is 16.8 Å². The van der Waals surface area contributed by atoms with E-state index >= 15 is 0 Å². The van der Waals surface area contributed by atoms with Crippen LogP contribution in [0.1, 0.15) is 37.5 Å². The van der Waals surface area contributed by atoms with E-state index in [1.807, 2.05) is 0 Å². The van der Waals surface area contributed by atoms with Gasteiger partial charge in [0.2, 0.25) is 0 Å². The number of carbonyl (C=O) groups is 1. The molecule has 1 aliphatic carbocycles. The van der Waals surface area contributed by atoms with Crippen LogP contribution in [0.2, 0.25) is 0 Å². The molecule has 0 spiro atoms. The number of hydrogen-bond acceptors (Lipinski definition) is 4. The molecule has 0 saturated heterocycles. The van der Waals surface area contributed by atoms with Gasteiger partial charge in [-0.3, -0.25) is 9.78 Å². The Balaban J connectivity index is 0.00000320. The number of benzene rings is 1. The summed E-state index contributed by atoms with van der Waals surface area (Å²) in [7, 11) is 0. The smallest absolute Gasteiger partial charge is 0.414 e. The molecule has 1 aliphatic rings. The monoisotopic (exact) mass is 420 g/mol. The molecule has 0 aliphatic heterocycles. The first-order valence-corrected chi connectivity index (χ1v) is 9.04. The molecule has 0 bridgehead atoms. The second kappa shape index (κ2) is 8.48. The van der Waals surface area contributed by atoms with E-state index in [9.17, 15) is 31.9 Å². The first kappa shape index (κ1) is 21.2. The zero-order valence-corrected chi connectivity index (χ0v) is 15.1. The fourth-order valence-corrected chi connectivity index (χ4v) is 3.52. The number of nitrogens with one attached hydrogen (secondary N) is 1. The zero-order chi connectivity index (χ0) is 21.2. The number of halogens is 5. The Kier molecular flexibility index (Phi) is 6.21. The lowest BCUT2D eigenvalue weighted by Crippen LogP contribution is -2.42. The Morgan fingerprint density at radius 3 is 2.52 bits per heavy atom. The molecule has 3 rings (SSSR count). The summed E-state index contributed by atoms with van der Waals surface area (Å²) >= 11 is 0. The van der Waals surface area contributed by atoms with E-state index in [2.05, 4.69) is 15.0 Å². The van der Waals surface area contributed by atoms with Crippen molar-refractivity contribution in [3.05, 3.63) is 36.0 Å². The predicted molar refractivity (Wildman–Crippen MR) is 95.8 cm³/mol. The molecule has 1 aromatic heterocycles. The van der Waals surface area contributed by atoms with E-state index in [0.717, 1.165) is 0 Å². The number of aromatic nitrogens is 1. The van der Waals surface area contributed by atoms with Crippen LogP contribution in [0.3, 0.4) is 0 Å². The van der Waals surface area contributed by atoms with Gasteiger partial charge in [-0.1, -0.05) is 0 Å². The fraction of sp³-hybridized carbons (Fsp3) is 0.474. The average molecular weight is 420 g/mol. The highest BCUT2D eigenvalue weighted by Gasteiger charge is 2.44. The summed E-state index contributed by atoms with van der Waals surface area (Å²) in [4.78, 5) is 16.5. The van der Waals surface area contributed by atoms with E-state index in [1.165, 1.54) is 24.4 Å². The van der Waals surface area contributed by atoms with Gasteiger partial charge in [0.15, 0.2) is 6.10 Å². The number of aliphatic hydroxyl groups excluding tert-OH is 1. The first-order valence-electron chi connectivity index (χ1n) is 9.04. The van der Waals surface area contributed by atoms with Crippen LogP contribution in [-0.4, -0.2) is 40.9 Å². The van der Waals surface area contributed by atoms with Gasteiger partial charge in [0.1, 0.15) is 5.75 Å². The third-order valence-electron chi connectivity index (χ3n) is 5.03. The van der Waals surface area contributed by atoms with Gasteiger partial charge in [-0.15, -0.1) is 0 Å². The lowest BCUT2D eigenvalue weighted by Gasteiger charge is -2.32. The van der Waals surface area contributed by atoms with Crippen molar-refractivity contribution in [2.24, 2.45) is 5.92 Å². The molecule has 1 aromatic carbocycles. The summed E-state index contributed by atoms with van der Waals surface area (Å²) in [6, 6.07) is 5.42. The van der Waals surface area contributed by atoms with E-state index < -0.39 is 30.7 Å². The van der Waals surface area contributed by atoms with E-state index in [4.69, 9.17) is 0 Å². The van der Waals surface area contributed by atoms with Gasteiger partial charge in [-0.2, -0.15) is 22.0 Å². The minimum Gasteiger partial charge on any atom is -0.435 e. The molecule has 1 fully saturated rings. The summed E-state index contributed by atoms with van der Waals surface area (Å²) in [5, 5.41) is 12.7. The molecule has 5 nitrogen and oxygen atoms in total. The molecule has 1 unspecified atom stereocenters. The van der Waals surface area contributed by atoms with Crippen LogP contribution in [0.15, 0.2) is 30.5 Å². The maximum atomic E-state index is 12.6. The molecule has 2 N–H and O–H groups in total. The molecule has 1 saturated carbocycles. The maximum Gasteiger partial charge on any atom is 0.414 e. The largest absolute Gasteiger partial charge is 0.435 e. The lowest BCUT2D eigenvalue weighted by atomic mass is 9.82.